The molecule has 0 aromatic heterocycles. The van der Waals surface area contributed by atoms with Gasteiger partial charge in [-0.25, -0.2) is 9.18 Å². The molecule has 0 saturated carbocycles. The van der Waals surface area contributed by atoms with E-state index >= 15 is 0 Å². The molecule has 0 spiro atoms. The van der Waals surface area contributed by atoms with E-state index < -0.39 is 0 Å². The molecule has 6 nitrogen and oxygen atoms in total. The van der Waals surface area contributed by atoms with E-state index in [1.807, 2.05) is 36.4 Å². The lowest BCUT2D eigenvalue weighted by molar-refractivity contribution is 0.0951. The first-order valence-electron chi connectivity index (χ1n) is 11.6. The largest absolute Gasteiger partial charge is 0.370 e. The third-order valence-corrected chi connectivity index (χ3v) is 5.84. The van der Waals surface area contributed by atoms with Gasteiger partial charge in [-0.2, -0.15) is 0 Å². The molecule has 0 bridgehead atoms. The van der Waals surface area contributed by atoms with Gasteiger partial charge in [-0.15, -0.1) is 0 Å². The van der Waals surface area contributed by atoms with Crippen LogP contribution in [-0.2, 0) is 13.0 Å². The van der Waals surface area contributed by atoms with Crippen LogP contribution in [0.1, 0.15) is 34.3 Å². The van der Waals surface area contributed by atoms with E-state index in [9.17, 15) is 14.0 Å². The minimum Gasteiger partial charge on any atom is -0.370 e. The number of halogens is 1. The molecular formula is C27H29FN4O2. The lowest BCUT2D eigenvalue weighted by atomic mass is 10.1. The molecule has 4 rings (SSSR count). The van der Waals surface area contributed by atoms with Crippen molar-refractivity contribution >= 4 is 23.3 Å². The second-order valence-electron chi connectivity index (χ2n) is 8.36. The minimum atomic E-state index is -0.341. The van der Waals surface area contributed by atoms with Crippen molar-refractivity contribution in [3.8, 4) is 0 Å². The fourth-order valence-electron chi connectivity index (χ4n) is 4.07. The molecule has 0 atom stereocenters. The Hall–Kier alpha value is -3.87. The van der Waals surface area contributed by atoms with Crippen LogP contribution in [0, 0.1) is 5.82 Å². The molecule has 176 valence electrons. The van der Waals surface area contributed by atoms with Gasteiger partial charge in [0.1, 0.15) is 5.82 Å². The highest BCUT2D eigenvalue weighted by atomic mass is 19.1. The molecule has 34 heavy (non-hydrogen) atoms. The Morgan fingerprint density at radius 2 is 1.62 bits per heavy atom. The van der Waals surface area contributed by atoms with Crippen molar-refractivity contribution in [3.63, 3.8) is 0 Å². The van der Waals surface area contributed by atoms with Gasteiger partial charge in [0.25, 0.3) is 5.91 Å². The van der Waals surface area contributed by atoms with Crippen LogP contribution in [0.2, 0.25) is 0 Å². The number of nitrogens with zero attached hydrogens (tertiary/aromatic N) is 1. The highest BCUT2D eigenvalue weighted by Gasteiger charge is 2.19. The summed E-state index contributed by atoms with van der Waals surface area (Å²) >= 11 is 0. The van der Waals surface area contributed by atoms with Crippen molar-refractivity contribution in [2.24, 2.45) is 0 Å². The highest BCUT2D eigenvalue weighted by molar-refractivity contribution is 5.99. The summed E-state index contributed by atoms with van der Waals surface area (Å²) in [6, 6.07) is 21.1. The smallest absolute Gasteiger partial charge is 0.319 e. The van der Waals surface area contributed by atoms with Crippen molar-refractivity contribution in [2.45, 2.75) is 25.8 Å². The van der Waals surface area contributed by atoms with Crippen LogP contribution in [-0.4, -0.2) is 31.6 Å². The summed E-state index contributed by atoms with van der Waals surface area (Å²) in [5.74, 6) is -0.628. The summed E-state index contributed by atoms with van der Waals surface area (Å²) in [5.41, 5.74) is 3.75. The van der Waals surface area contributed by atoms with E-state index in [4.69, 9.17) is 0 Å². The molecule has 1 fully saturated rings. The average Bonchev–Trinajstić information content (AvgIpc) is 3.38. The van der Waals surface area contributed by atoms with E-state index in [-0.39, 0.29) is 24.3 Å². The SMILES string of the molecule is O=C(NCCc1ccccc1)Nc1cc(C(=O)NCc2cccc(F)c2)ccc1N1CCCC1. The number of anilines is 2. The van der Waals surface area contributed by atoms with Crippen LogP contribution >= 0.6 is 0 Å². The van der Waals surface area contributed by atoms with Crippen LogP contribution in [0.25, 0.3) is 0 Å². The monoisotopic (exact) mass is 460 g/mol. The molecule has 1 aliphatic heterocycles. The Bertz CT molecular complexity index is 1130. The molecule has 1 saturated heterocycles. The average molecular weight is 461 g/mol. The van der Waals surface area contributed by atoms with Crippen molar-refractivity contribution in [1.29, 1.82) is 0 Å². The molecule has 3 aromatic rings. The van der Waals surface area contributed by atoms with Gasteiger partial charge in [0.05, 0.1) is 11.4 Å². The maximum atomic E-state index is 13.4. The van der Waals surface area contributed by atoms with Gasteiger partial charge < -0.3 is 20.9 Å². The van der Waals surface area contributed by atoms with Gasteiger partial charge in [-0.3, -0.25) is 4.79 Å². The summed E-state index contributed by atoms with van der Waals surface area (Å²) < 4.78 is 13.4. The Morgan fingerprint density at radius 3 is 2.38 bits per heavy atom. The lowest BCUT2D eigenvalue weighted by Gasteiger charge is -2.22. The standard InChI is InChI=1S/C27H29FN4O2/c28-23-10-6-9-21(17-23)19-30-26(33)22-11-12-25(32-15-4-5-16-32)24(18-22)31-27(34)29-14-13-20-7-2-1-3-8-20/h1-3,6-12,17-18H,4-5,13-16,19H2,(H,30,33)(H2,29,31,34). The highest BCUT2D eigenvalue weighted by Crippen LogP contribution is 2.30. The molecule has 3 aromatic carbocycles. The third-order valence-electron chi connectivity index (χ3n) is 5.84. The van der Waals surface area contributed by atoms with Crippen LogP contribution < -0.4 is 20.9 Å². The Labute approximate surface area is 199 Å². The number of carbonyl (C=O) groups excluding carboxylic acids is 2. The van der Waals surface area contributed by atoms with Gasteiger partial charge in [0.2, 0.25) is 0 Å². The first kappa shape index (κ1) is 23.3. The van der Waals surface area contributed by atoms with Crippen molar-refractivity contribution < 1.29 is 14.0 Å². The van der Waals surface area contributed by atoms with E-state index in [2.05, 4.69) is 20.9 Å². The number of benzene rings is 3. The predicted octanol–water partition coefficient (Wildman–Crippen LogP) is 4.72. The maximum absolute atomic E-state index is 13.4. The molecular weight excluding hydrogens is 431 g/mol. The van der Waals surface area contributed by atoms with Crippen molar-refractivity contribution in [1.82, 2.24) is 10.6 Å². The van der Waals surface area contributed by atoms with E-state index in [1.54, 1.807) is 24.3 Å². The van der Waals surface area contributed by atoms with Gasteiger partial charge in [-0.1, -0.05) is 42.5 Å². The second kappa shape index (κ2) is 11.3. The zero-order valence-electron chi connectivity index (χ0n) is 19.0. The number of rotatable bonds is 8. The quantitative estimate of drug-likeness (QED) is 0.455. The summed E-state index contributed by atoms with van der Waals surface area (Å²) in [5, 5.41) is 8.64. The number of urea groups is 1. The first-order valence-corrected chi connectivity index (χ1v) is 11.6. The molecule has 1 heterocycles. The molecule has 3 amide bonds. The van der Waals surface area contributed by atoms with Crippen molar-refractivity contribution in [3.05, 3.63) is 95.3 Å². The Morgan fingerprint density at radius 1 is 0.853 bits per heavy atom. The minimum absolute atomic E-state index is 0.215. The van der Waals surface area contributed by atoms with Gasteiger partial charge in [0.15, 0.2) is 0 Å². The third kappa shape index (κ3) is 6.34. The maximum Gasteiger partial charge on any atom is 0.319 e. The first-order chi connectivity index (χ1) is 16.6. The lowest BCUT2D eigenvalue weighted by Crippen LogP contribution is -2.31. The number of nitrogens with one attached hydrogen (secondary N) is 3. The van der Waals surface area contributed by atoms with E-state index in [0.717, 1.165) is 43.6 Å². The van der Waals surface area contributed by atoms with Gasteiger partial charge >= 0.3 is 6.03 Å². The summed E-state index contributed by atoms with van der Waals surface area (Å²) in [4.78, 5) is 27.6. The zero-order valence-corrected chi connectivity index (χ0v) is 19.0. The Kier molecular flexibility index (Phi) is 7.75. The summed E-state index contributed by atoms with van der Waals surface area (Å²) in [6.45, 7) is 2.54. The number of carbonyl (C=O) groups is 2. The topological polar surface area (TPSA) is 73.5 Å². The fraction of sp³-hybridized carbons (Fsp3) is 0.259. The Balaban J connectivity index is 1.42. The number of hydrogen-bond acceptors (Lipinski definition) is 3. The molecule has 0 radical (unpaired) electrons. The molecule has 3 N–H and O–H groups in total. The van der Waals surface area contributed by atoms with Crippen LogP contribution in [0.4, 0.5) is 20.6 Å². The van der Waals surface area contributed by atoms with Crippen LogP contribution in [0.5, 0.6) is 0 Å². The second-order valence-corrected chi connectivity index (χ2v) is 8.36. The van der Waals surface area contributed by atoms with Gasteiger partial charge in [-0.05, 0) is 60.7 Å². The number of amides is 3. The molecule has 0 unspecified atom stereocenters. The van der Waals surface area contributed by atoms with Crippen molar-refractivity contribution in [2.75, 3.05) is 29.9 Å². The number of hydrogen-bond donors (Lipinski definition) is 3. The zero-order chi connectivity index (χ0) is 23.8. The molecule has 0 aliphatic carbocycles. The van der Waals surface area contributed by atoms with E-state index in [1.165, 1.54) is 12.1 Å². The summed E-state index contributed by atoms with van der Waals surface area (Å²) in [6.07, 6.45) is 2.92. The summed E-state index contributed by atoms with van der Waals surface area (Å²) in [7, 11) is 0. The normalized spacial score (nSPS) is 12.9. The molecule has 1 aliphatic rings. The van der Waals surface area contributed by atoms with Crippen LogP contribution in [0.15, 0.2) is 72.8 Å². The molecule has 7 heteroatoms. The predicted molar refractivity (Wildman–Crippen MR) is 133 cm³/mol. The fourth-order valence-corrected chi connectivity index (χ4v) is 4.07. The van der Waals surface area contributed by atoms with Gasteiger partial charge in [0, 0.05) is 31.7 Å². The van der Waals surface area contributed by atoms with Crippen LogP contribution in [0.3, 0.4) is 0 Å². The van der Waals surface area contributed by atoms with E-state index in [0.29, 0.717) is 23.4 Å².